The number of rotatable bonds is 5. The van der Waals surface area contributed by atoms with Gasteiger partial charge < -0.3 is 10.2 Å². The highest BCUT2D eigenvalue weighted by atomic mass is 35.5. The van der Waals surface area contributed by atoms with Crippen LogP contribution in [0.5, 0.6) is 0 Å². The van der Waals surface area contributed by atoms with E-state index >= 15 is 0 Å². The Bertz CT molecular complexity index is 670. The van der Waals surface area contributed by atoms with Crippen LogP contribution in [-0.4, -0.2) is 35.7 Å². The maximum Gasteiger partial charge on any atom is 0.239 e. The maximum absolute atomic E-state index is 11.8. The van der Waals surface area contributed by atoms with Gasteiger partial charge in [-0.3, -0.25) is 4.79 Å². The molecule has 0 unspecified atom stereocenters. The second kappa shape index (κ2) is 6.32. The highest BCUT2D eigenvalue weighted by Crippen LogP contribution is 2.26. The summed E-state index contributed by atoms with van der Waals surface area (Å²) in [6.45, 7) is 0.274. The zero-order valence-electron chi connectivity index (χ0n) is 12.3. The smallest absolute Gasteiger partial charge is 0.239 e. The topological polar surface area (TPSA) is 58.1 Å². The Morgan fingerprint density at radius 3 is 2.68 bits per heavy atom. The fraction of sp³-hybridized carbons (Fsp3) is 0.312. The quantitative estimate of drug-likeness (QED) is 0.921. The van der Waals surface area contributed by atoms with E-state index in [1.165, 1.54) is 0 Å². The van der Waals surface area contributed by atoms with Gasteiger partial charge in [0.15, 0.2) is 5.82 Å². The number of carbonyl (C=O) groups is 1. The van der Waals surface area contributed by atoms with Gasteiger partial charge in [-0.2, -0.15) is 0 Å². The molecule has 1 N–H and O–H groups in total. The highest BCUT2D eigenvalue weighted by Gasteiger charge is 2.23. The molecule has 6 heteroatoms. The first-order valence-corrected chi connectivity index (χ1v) is 7.60. The van der Waals surface area contributed by atoms with Crippen molar-refractivity contribution in [2.45, 2.75) is 18.9 Å². The van der Waals surface area contributed by atoms with Gasteiger partial charge in [-0.1, -0.05) is 29.8 Å². The molecule has 0 radical (unpaired) electrons. The lowest BCUT2D eigenvalue weighted by Gasteiger charge is -2.17. The monoisotopic (exact) mass is 316 g/mol. The number of hydrogen-bond acceptors (Lipinski definition) is 4. The normalized spacial score (nSPS) is 13.7. The van der Waals surface area contributed by atoms with Gasteiger partial charge >= 0.3 is 0 Å². The number of nitrogens with zero attached hydrogens (tertiary/aromatic N) is 3. The molecule has 5 nitrogen and oxygen atoms in total. The summed E-state index contributed by atoms with van der Waals surface area (Å²) in [5, 5.41) is 12.0. The van der Waals surface area contributed by atoms with Crippen LogP contribution in [0.2, 0.25) is 5.02 Å². The molecule has 0 spiro atoms. The lowest BCUT2D eigenvalue weighted by atomic mass is 10.1. The van der Waals surface area contributed by atoms with Gasteiger partial charge in [-0.05, 0) is 31.0 Å². The van der Waals surface area contributed by atoms with Crippen molar-refractivity contribution < 1.29 is 4.79 Å². The Kier molecular flexibility index (Phi) is 4.24. The molecule has 0 atom stereocenters. The third kappa shape index (κ3) is 3.54. The fourth-order valence-electron chi connectivity index (χ4n) is 2.14. The molecule has 114 valence electrons. The summed E-state index contributed by atoms with van der Waals surface area (Å²) in [5.74, 6) is 0.670. The molecule has 1 aliphatic carbocycles. The molecule has 22 heavy (non-hydrogen) atoms. The second-order valence-corrected chi connectivity index (χ2v) is 5.86. The van der Waals surface area contributed by atoms with Gasteiger partial charge in [0, 0.05) is 18.7 Å². The number of benzene rings is 1. The van der Waals surface area contributed by atoms with Crippen LogP contribution < -0.4 is 10.2 Å². The number of hydrogen-bond donors (Lipinski definition) is 1. The first-order chi connectivity index (χ1) is 10.6. The third-order valence-electron chi connectivity index (χ3n) is 3.51. The van der Waals surface area contributed by atoms with E-state index in [1.807, 2.05) is 43.4 Å². The van der Waals surface area contributed by atoms with E-state index in [0.29, 0.717) is 22.6 Å². The summed E-state index contributed by atoms with van der Waals surface area (Å²) >= 11 is 6.15. The number of carbonyl (C=O) groups excluding carboxylic acids is 1. The Hall–Kier alpha value is -2.14. The number of anilines is 1. The van der Waals surface area contributed by atoms with Crippen molar-refractivity contribution in [1.82, 2.24) is 15.5 Å². The molecule has 1 aromatic carbocycles. The number of nitrogens with one attached hydrogen (secondary N) is 1. The first kappa shape index (κ1) is 14.8. The average Bonchev–Trinajstić information content (AvgIpc) is 3.31. The fourth-order valence-corrected chi connectivity index (χ4v) is 2.37. The summed E-state index contributed by atoms with van der Waals surface area (Å²) in [4.78, 5) is 13.6. The van der Waals surface area contributed by atoms with E-state index in [4.69, 9.17) is 11.6 Å². The molecule has 1 fully saturated rings. The predicted octanol–water partition coefficient (Wildman–Crippen LogP) is 2.51. The Labute approximate surface area is 134 Å². The second-order valence-electron chi connectivity index (χ2n) is 5.45. The number of amides is 1. The molecule has 3 rings (SSSR count). The van der Waals surface area contributed by atoms with Crippen LogP contribution in [0.15, 0.2) is 36.4 Å². The van der Waals surface area contributed by atoms with Crippen LogP contribution in [0.3, 0.4) is 0 Å². The van der Waals surface area contributed by atoms with Gasteiger partial charge in [0.1, 0.15) is 0 Å². The molecule has 0 aliphatic heterocycles. The van der Waals surface area contributed by atoms with Gasteiger partial charge in [-0.15, -0.1) is 10.2 Å². The van der Waals surface area contributed by atoms with E-state index in [0.717, 1.165) is 18.4 Å². The summed E-state index contributed by atoms with van der Waals surface area (Å²) in [7, 11) is 1.83. The van der Waals surface area contributed by atoms with Gasteiger partial charge in [-0.25, -0.2) is 0 Å². The standard InChI is InChI=1S/C16H17ClN4O/c1-21(10-16(22)18-11-6-7-11)15-9-8-14(19-20-15)12-4-2-3-5-13(12)17/h2-5,8-9,11H,6-7,10H2,1H3,(H,18,22). The number of likely N-dealkylation sites (N-methyl/N-ethyl adjacent to an activating group) is 1. The van der Waals surface area contributed by atoms with Crippen LogP contribution >= 0.6 is 11.6 Å². The predicted molar refractivity (Wildman–Crippen MR) is 86.9 cm³/mol. The number of halogens is 1. The van der Waals surface area contributed by atoms with Crippen LogP contribution in [0.4, 0.5) is 5.82 Å². The molecule has 0 saturated heterocycles. The minimum absolute atomic E-state index is 0.0157. The Balaban J connectivity index is 1.68. The maximum atomic E-state index is 11.8. The minimum atomic E-state index is 0.0157. The molecular formula is C16H17ClN4O. The third-order valence-corrected chi connectivity index (χ3v) is 3.84. The first-order valence-electron chi connectivity index (χ1n) is 7.22. The van der Waals surface area contributed by atoms with E-state index in [2.05, 4.69) is 15.5 Å². The molecule has 1 amide bonds. The van der Waals surface area contributed by atoms with Crippen molar-refractivity contribution in [1.29, 1.82) is 0 Å². The van der Waals surface area contributed by atoms with Crippen LogP contribution in [0.1, 0.15) is 12.8 Å². The van der Waals surface area contributed by atoms with Crippen molar-refractivity contribution in [3.63, 3.8) is 0 Å². The van der Waals surface area contributed by atoms with Gasteiger partial charge in [0.2, 0.25) is 5.91 Å². The average molecular weight is 317 g/mol. The zero-order chi connectivity index (χ0) is 15.5. The molecule has 1 aliphatic rings. The highest BCUT2D eigenvalue weighted by molar-refractivity contribution is 6.33. The van der Waals surface area contributed by atoms with Crippen molar-refractivity contribution in [3.05, 3.63) is 41.4 Å². The molecule has 1 heterocycles. The zero-order valence-corrected chi connectivity index (χ0v) is 13.0. The largest absolute Gasteiger partial charge is 0.352 e. The van der Waals surface area contributed by atoms with Crippen LogP contribution in [0, 0.1) is 0 Å². The molecule has 2 aromatic rings. The summed E-state index contributed by atoms with van der Waals surface area (Å²) in [5.41, 5.74) is 1.56. The Morgan fingerprint density at radius 2 is 2.05 bits per heavy atom. The van der Waals surface area contributed by atoms with E-state index in [-0.39, 0.29) is 12.5 Å². The molecule has 0 bridgehead atoms. The SMILES string of the molecule is CN(CC(=O)NC1CC1)c1ccc(-c2ccccc2Cl)nn1. The lowest BCUT2D eigenvalue weighted by Crippen LogP contribution is -2.36. The molecular weight excluding hydrogens is 300 g/mol. The molecule has 1 aromatic heterocycles. The van der Waals surface area contributed by atoms with Gasteiger partial charge in [0.05, 0.1) is 17.3 Å². The van der Waals surface area contributed by atoms with Gasteiger partial charge in [0.25, 0.3) is 0 Å². The van der Waals surface area contributed by atoms with E-state index in [1.54, 1.807) is 4.90 Å². The minimum Gasteiger partial charge on any atom is -0.352 e. The van der Waals surface area contributed by atoms with Crippen molar-refractivity contribution in [3.8, 4) is 11.3 Å². The number of aromatic nitrogens is 2. The summed E-state index contributed by atoms with van der Waals surface area (Å²) in [6.07, 6.45) is 2.17. The summed E-state index contributed by atoms with van der Waals surface area (Å²) in [6, 6.07) is 11.6. The van der Waals surface area contributed by atoms with Crippen LogP contribution in [0.25, 0.3) is 11.3 Å². The Morgan fingerprint density at radius 1 is 1.27 bits per heavy atom. The van der Waals surface area contributed by atoms with Crippen molar-refractivity contribution in [2.75, 3.05) is 18.5 Å². The molecule has 1 saturated carbocycles. The van der Waals surface area contributed by atoms with Crippen LogP contribution in [-0.2, 0) is 4.79 Å². The summed E-state index contributed by atoms with van der Waals surface area (Å²) < 4.78 is 0. The van der Waals surface area contributed by atoms with E-state index in [9.17, 15) is 4.79 Å². The van der Waals surface area contributed by atoms with Crippen molar-refractivity contribution >= 4 is 23.3 Å². The van der Waals surface area contributed by atoms with E-state index < -0.39 is 0 Å². The van der Waals surface area contributed by atoms with Crippen molar-refractivity contribution in [2.24, 2.45) is 0 Å². The lowest BCUT2D eigenvalue weighted by molar-refractivity contribution is -0.119.